The molecule has 2 saturated carbocycles. The number of fused-ring (bicyclic) bond motifs is 2. The van der Waals surface area contributed by atoms with Gasteiger partial charge < -0.3 is 4.90 Å². The summed E-state index contributed by atoms with van der Waals surface area (Å²) in [5.41, 5.74) is 1.65. The quantitative estimate of drug-likeness (QED) is 0.659. The van der Waals surface area contributed by atoms with E-state index in [0.29, 0.717) is 28.7 Å². The van der Waals surface area contributed by atoms with Crippen LogP contribution in [-0.2, 0) is 0 Å². The molecule has 0 N–H and O–H groups in total. The number of hydrogen-bond donors (Lipinski definition) is 0. The number of carbonyl (C=O) groups excluding carboxylic acids is 1. The van der Waals surface area contributed by atoms with Gasteiger partial charge in [-0.3, -0.25) is 4.79 Å². The fourth-order valence-corrected chi connectivity index (χ4v) is 6.98. The minimum atomic E-state index is 0.291. The average Bonchev–Trinajstić information content (AvgIpc) is 3.09. The highest BCUT2D eigenvalue weighted by atomic mass is 32.1. The zero-order chi connectivity index (χ0) is 16.9. The van der Waals surface area contributed by atoms with Gasteiger partial charge in [0.15, 0.2) is 0 Å². The van der Waals surface area contributed by atoms with E-state index in [4.69, 9.17) is 0 Å². The number of rotatable bonds is 2. The molecule has 1 saturated heterocycles. The summed E-state index contributed by atoms with van der Waals surface area (Å²) in [6, 6.07) is 2.67. The Morgan fingerprint density at radius 2 is 1.92 bits per heavy atom. The minimum absolute atomic E-state index is 0.291. The average molecular weight is 346 g/mol. The third-order valence-corrected chi connectivity index (χ3v) is 7.65. The summed E-state index contributed by atoms with van der Waals surface area (Å²) < 4.78 is 0. The van der Waals surface area contributed by atoms with Crippen LogP contribution < -0.4 is 0 Å². The van der Waals surface area contributed by atoms with E-state index in [-0.39, 0.29) is 0 Å². The Labute approximate surface area is 150 Å². The first-order valence-electron chi connectivity index (χ1n) is 9.75. The van der Waals surface area contributed by atoms with Crippen LogP contribution in [0.5, 0.6) is 0 Å². The van der Waals surface area contributed by atoms with Crippen LogP contribution >= 0.6 is 11.3 Å². The lowest BCUT2D eigenvalue weighted by Gasteiger charge is -2.39. The third kappa shape index (κ3) is 3.05. The molecule has 1 aromatic rings. The van der Waals surface area contributed by atoms with Crippen LogP contribution in [0.1, 0.15) is 93.3 Å². The van der Waals surface area contributed by atoms with Gasteiger partial charge in [-0.05, 0) is 54.9 Å². The van der Waals surface area contributed by atoms with Crippen molar-refractivity contribution < 1.29 is 4.79 Å². The molecular weight excluding hydrogens is 314 g/mol. The summed E-state index contributed by atoms with van der Waals surface area (Å²) in [5.74, 6) is 0.999. The van der Waals surface area contributed by atoms with E-state index in [1.165, 1.54) is 49.8 Å². The van der Waals surface area contributed by atoms with Gasteiger partial charge in [0.25, 0.3) is 5.91 Å². The van der Waals surface area contributed by atoms with E-state index in [1.54, 1.807) is 0 Å². The number of carbonyl (C=O) groups is 1. The Morgan fingerprint density at radius 1 is 1.17 bits per heavy atom. The summed E-state index contributed by atoms with van der Waals surface area (Å²) >= 11 is 1.82. The first-order valence-corrected chi connectivity index (χ1v) is 10.6. The molecule has 0 radical (unpaired) electrons. The molecular formula is C21H31NOS. The van der Waals surface area contributed by atoms with Crippen molar-refractivity contribution in [3.05, 3.63) is 21.9 Å². The molecule has 3 fully saturated rings. The molecule has 1 amide bonds. The van der Waals surface area contributed by atoms with Crippen molar-refractivity contribution in [1.29, 1.82) is 0 Å². The van der Waals surface area contributed by atoms with Crippen LogP contribution in [0.15, 0.2) is 11.4 Å². The lowest BCUT2D eigenvalue weighted by Crippen LogP contribution is -2.37. The predicted molar refractivity (Wildman–Crippen MR) is 101 cm³/mol. The van der Waals surface area contributed by atoms with E-state index in [2.05, 4.69) is 37.1 Å². The van der Waals surface area contributed by atoms with Crippen molar-refractivity contribution in [1.82, 2.24) is 4.90 Å². The van der Waals surface area contributed by atoms with E-state index >= 15 is 0 Å². The Balaban J connectivity index is 1.51. The first kappa shape index (κ1) is 16.6. The largest absolute Gasteiger partial charge is 0.335 e. The maximum atomic E-state index is 13.2. The molecule has 2 bridgehead atoms. The van der Waals surface area contributed by atoms with Gasteiger partial charge in [0, 0.05) is 22.8 Å². The molecule has 1 aliphatic heterocycles. The molecule has 1 aromatic heterocycles. The Bertz CT molecular complexity index is 628. The maximum absolute atomic E-state index is 13.2. The van der Waals surface area contributed by atoms with Crippen molar-refractivity contribution >= 4 is 17.2 Å². The molecule has 0 spiro atoms. The third-order valence-electron chi connectivity index (χ3n) is 6.55. The molecule has 3 heteroatoms. The van der Waals surface area contributed by atoms with Gasteiger partial charge in [0.1, 0.15) is 0 Å². The SMILES string of the molecule is CC1(C)CC2CC(C)(CN2C(=O)c2csc(C3CCCCC3)c2)C1. The number of hydrogen-bond acceptors (Lipinski definition) is 2. The van der Waals surface area contributed by atoms with Crippen LogP contribution in [-0.4, -0.2) is 23.4 Å². The van der Waals surface area contributed by atoms with E-state index in [0.717, 1.165) is 18.5 Å². The summed E-state index contributed by atoms with van der Waals surface area (Å²) in [7, 11) is 0. The second-order valence-electron chi connectivity index (χ2n) is 9.72. The molecule has 2 heterocycles. The Morgan fingerprint density at radius 3 is 2.67 bits per heavy atom. The van der Waals surface area contributed by atoms with Crippen molar-refractivity contribution in [2.45, 2.75) is 84.1 Å². The molecule has 2 nitrogen and oxygen atoms in total. The lowest BCUT2D eigenvalue weighted by molar-refractivity contribution is 0.0708. The standard InChI is InChI=1S/C21H31NOS/c1-20(2)10-17-11-21(3,13-20)14-22(17)19(23)16-9-18(24-12-16)15-7-5-4-6-8-15/h9,12,15,17H,4-8,10-11,13-14H2,1-3H3. The second kappa shape index (κ2) is 5.86. The Hall–Kier alpha value is -0.830. The van der Waals surface area contributed by atoms with Crippen LogP contribution in [0.2, 0.25) is 0 Å². The molecule has 0 aromatic carbocycles. The summed E-state index contributed by atoms with van der Waals surface area (Å²) in [6.07, 6.45) is 10.3. The summed E-state index contributed by atoms with van der Waals surface area (Å²) in [5, 5.41) is 2.13. The molecule has 3 aliphatic rings. The highest BCUT2D eigenvalue weighted by Gasteiger charge is 2.51. The van der Waals surface area contributed by atoms with Crippen molar-refractivity contribution in [2.75, 3.05) is 6.54 Å². The fraction of sp³-hybridized carbons (Fsp3) is 0.762. The molecule has 132 valence electrons. The monoisotopic (exact) mass is 345 g/mol. The number of amides is 1. The van der Waals surface area contributed by atoms with E-state index in [1.807, 2.05) is 11.3 Å². The van der Waals surface area contributed by atoms with Gasteiger partial charge in [-0.2, -0.15) is 0 Å². The lowest BCUT2D eigenvalue weighted by atomic mass is 9.65. The second-order valence-corrected chi connectivity index (χ2v) is 10.7. The molecule has 2 unspecified atom stereocenters. The van der Waals surface area contributed by atoms with E-state index in [9.17, 15) is 4.79 Å². The minimum Gasteiger partial charge on any atom is -0.335 e. The van der Waals surface area contributed by atoms with Crippen LogP contribution in [0.4, 0.5) is 0 Å². The van der Waals surface area contributed by atoms with Gasteiger partial charge in [-0.15, -0.1) is 11.3 Å². The number of thiophene rings is 1. The van der Waals surface area contributed by atoms with Crippen molar-refractivity contribution in [3.63, 3.8) is 0 Å². The highest BCUT2D eigenvalue weighted by Crippen LogP contribution is 2.52. The maximum Gasteiger partial charge on any atom is 0.254 e. The fourth-order valence-electron chi connectivity index (χ4n) is 5.93. The predicted octanol–water partition coefficient (Wildman–Crippen LogP) is 5.84. The first-order chi connectivity index (χ1) is 11.4. The van der Waals surface area contributed by atoms with Gasteiger partial charge in [-0.25, -0.2) is 0 Å². The van der Waals surface area contributed by atoms with E-state index < -0.39 is 0 Å². The van der Waals surface area contributed by atoms with Gasteiger partial charge in [0.2, 0.25) is 0 Å². The summed E-state index contributed by atoms with van der Waals surface area (Å²) in [4.78, 5) is 16.8. The molecule has 24 heavy (non-hydrogen) atoms. The zero-order valence-corrected chi connectivity index (χ0v) is 16.3. The normalized spacial score (nSPS) is 33.0. The highest BCUT2D eigenvalue weighted by molar-refractivity contribution is 7.10. The van der Waals surface area contributed by atoms with Gasteiger partial charge in [-0.1, -0.05) is 40.0 Å². The molecule has 2 aliphatic carbocycles. The van der Waals surface area contributed by atoms with Crippen molar-refractivity contribution in [3.8, 4) is 0 Å². The zero-order valence-electron chi connectivity index (χ0n) is 15.4. The number of nitrogens with zero attached hydrogens (tertiary/aromatic N) is 1. The van der Waals surface area contributed by atoms with Crippen LogP contribution in [0, 0.1) is 10.8 Å². The number of likely N-dealkylation sites (tertiary alicyclic amines) is 1. The van der Waals surface area contributed by atoms with Crippen LogP contribution in [0.25, 0.3) is 0 Å². The van der Waals surface area contributed by atoms with Crippen LogP contribution in [0.3, 0.4) is 0 Å². The van der Waals surface area contributed by atoms with Crippen molar-refractivity contribution in [2.24, 2.45) is 10.8 Å². The molecule has 4 rings (SSSR count). The van der Waals surface area contributed by atoms with Gasteiger partial charge >= 0.3 is 0 Å². The van der Waals surface area contributed by atoms with Gasteiger partial charge in [0.05, 0.1) is 5.56 Å². The topological polar surface area (TPSA) is 20.3 Å². The Kier molecular flexibility index (Phi) is 4.06. The molecule has 2 atom stereocenters. The summed E-state index contributed by atoms with van der Waals surface area (Å²) in [6.45, 7) is 8.08. The smallest absolute Gasteiger partial charge is 0.254 e.